The molecule has 0 spiro atoms. The first-order valence-corrected chi connectivity index (χ1v) is 6.51. The van der Waals surface area contributed by atoms with Crippen LogP contribution >= 0.6 is 0 Å². The zero-order valence-corrected chi connectivity index (χ0v) is 11.4. The molecule has 2 atom stereocenters. The Morgan fingerprint density at radius 3 is 2.00 bits per heavy atom. The van der Waals surface area contributed by atoms with Gasteiger partial charge in [0.05, 0.1) is 0 Å². The van der Waals surface area contributed by atoms with Crippen LogP contribution in [0.4, 0.5) is 0 Å². The second-order valence-electron chi connectivity index (χ2n) is 5.12. The van der Waals surface area contributed by atoms with Crippen LogP contribution in [0, 0.1) is 5.92 Å². The topological polar surface area (TPSA) is 23.6 Å². The van der Waals surface area contributed by atoms with E-state index in [9.17, 15) is 4.79 Å². The van der Waals surface area contributed by atoms with Crippen LogP contribution in [0.25, 0.3) is 0 Å². The Hall–Kier alpha value is -0.570. The SMILES string of the molecule is CCC(CC)C(=O)N1CC(C)N(C)C(C)C1. The number of carbonyl (C=O) groups is 1. The van der Waals surface area contributed by atoms with Crippen LogP contribution < -0.4 is 0 Å². The van der Waals surface area contributed by atoms with Crippen molar-refractivity contribution in [1.82, 2.24) is 9.80 Å². The molecule has 1 aliphatic rings. The van der Waals surface area contributed by atoms with E-state index in [0.717, 1.165) is 25.9 Å². The standard InChI is InChI=1S/C13H26N2O/c1-6-12(7-2)13(16)15-8-10(3)14(5)11(4)9-15/h10-12H,6-9H2,1-5H3. The lowest BCUT2D eigenvalue weighted by molar-refractivity contribution is -0.139. The highest BCUT2D eigenvalue weighted by molar-refractivity contribution is 5.79. The van der Waals surface area contributed by atoms with E-state index >= 15 is 0 Å². The molecule has 1 fully saturated rings. The number of nitrogens with zero attached hydrogens (tertiary/aromatic N) is 2. The summed E-state index contributed by atoms with van der Waals surface area (Å²) in [5, 5.41) is 0. The predicted molar refractivity (Wildman–Crippen MR) is 67.3 cm³/mol. The second kappa shape index (κ2) is 5.67. The van der Waals surface area contributed by atoms with Crippen LogP contribution in [0.1, 0.15) is 40.5 Å². The average Bonchev–Trinajstić information content (AvgIpc) is 2.26. The van der Waals surface area contributed by atoms with Crippen LogP contribution in [0.3, 0.4) is 0 Å². The number of hydrogen-bond acceptors (Lipinski definition) is 2. The summed E-state index contributed by atoms with van der Waals surface area (Å²) in [6.45, 7) is 10.4. The normalized spacial score (nSPS) is 27.5. The molecule has 1 rings (SSSR count). The monoisotopic (exact) mass is 226 g/mol. The van der Waals surface area contributed by atoms with Gasteiger partial charge in [-0.1, -0.05) is 13.8 Å². The fourth-order valence-corrected chi connectivity index (χ4v) is 2.48. The molecule has 3 nitrogen and oxygen atoms in total. The van der Waals surface area contributed by atoms with Crippen molar-refractivity contribution in [2.45, 2.75) is 52.6 Å². The summed E-state index contributed by atoms with van der Waals surface area (Å²) in [5.41, 5.74) is 0. The molecule has 16 heavy (non-hydrogen) atoms. The van der Waals surface area contributed by atoms with Crippen molar-refractivity contribution >= 4 is 5.91 Å². The summed E-state index contributed by atoms with van der Waals surface area (Å²) in [5.74, 6) is 0.583. The summed E-state index contributed by atoms with van der Waals surface area (Å²) < 4.78 is 0. The van der Waals surface area contributed by atoms with Gasteiger partial charge in [-0.3, -0.25) is 9.69 Å². The molecule has 0 N–H and O–H groups in total. The Morgan fingerprint density at radius 2 is 1.62 bits per heavy atom. The second-order valence-corrected chi connectivity index (χ2v) is 5.12. The van der Waals surface area contributed by atoms with Crippen LogP contribution in [-0.2, 0) is 4.79 Å². The fourth-order valence-electron chi connectivity index (χ4n) is 2.48. The summed E-state index contributed by atoms with van der Waals surface area (Å²) in [4.78, 5) is 16.7. The molecular weight excluding hydrogens is 200 g/mol. The van der Waals surface area contributed by atoms with Gasteiger partial charge in [0.15, 0.2) is 0 Å². The molecule has 0 radical (unpaired) electrons. The maximum absolute atomic E-state index is 12.3. The molecule has 1 amide bonds. The predicted octanol–water partition coefficient (Wildman–Crippen LogP) is 1.97. The minimum Gasteiger partial charge on any atom is -0.339 e. The van der Waals surface area contributed by atoms with Crippen LogP contribution in [0.5, 0.6) is 0 Å². The van der Waals surface area contributed by atoms with E-state index < -0.39 is 0 Å². The lowest BCUT2D eigenvalue weighted by atomic mass is 9.99. The van der Waals surface area contributed by atoms with Crippen molar-refractivity contribution < 1.29 is 4.79 Å². The number of likely N-dealkylation sites (N-methyl/N-ethyl adjacent to an activating group) is 1. The summed E-state index contributed by atoms with van der Waals surface area (Å²) in [7, 11) is 2.15. The summed E-state index contributed by atoms with van der Waals surface area (Å²) in [6.07, 6.45) is 1.93. The lowest BCUT2D eigenvalue weighted by Gasteiger charge is -2.43. The number of carbonyl (C=O) groups excluding carboxylic acids is 1. The minimum absolute atomic E-state index is 0.225. The molecule has 0 aromatic heterocycles. The van der Waals surface area contributed by atoms with E-state index in [4.69, 9.17) is 0 Å². The van der Waals surface area contributed by atoms with Gasteiger partial charge in [0.25, 0.3) is 0 Å². The van der Waals surface area contributed by atoms with Gasteiger partial charge in [-0.25, -0.2) is 0 Å². The molecule has 0 aromatic rings. The van der Waals surface area contributed by atoms with Crippen LogP contribution in [0.2, 0.25) is 0 Å². The Labute approximate surface area is 99.8 Å². The van der Waals surface area contributed by atoms with E-state index in [1.807, 2.05) is 0 Å². The first-order chi connectivity index (χ1) is 7.51. The molecule has 94 valence electrons. The van der Waals surface area contributed by atoms with Gasteiger partial charge in [0.1, 0.15) is 0 Å². The molecule has 1 aliphatic heterocycles. The molecular formula is C13H26N2O. The molecule has 0 saturated carbocycles. The summed E-state index contributed by atoms with van der Waals surface area (Å²) in [6, 6.07) is 0.948. The number of hydrogen-bond donors (Lipinski definition) is 0. The van der Waals surface area contributed by atoms with E-state index in [-0.39, 0.29) is 5.92 Å². The van der Waals surface area contributed by atoms with Crippen molar-refractivity contribution in [3.63, 3.8) is 0 Å². The van der Waals surface area contributed by atoms with Crippen molar-refractivity contribution in [2.75, 3.05) is 20.1 Å². The minimum atomic E-state index is 0.225. The van der Waals surface area contributed by atoms with Gasteiger partial charge in [-0.15, -0.1) is 0 Å². The quantitative estimate of drug-likeness (QED) is 0.734. The van der Waals surface area contributed by atoms with Gasteiger partial charge >= 0.3 is 0 Å². The molecule has 0 aromatic carbocycles. The lowest BCUT2D eigenvalue weighted by Crippen LogP contribution is -2.57. The zero-order valence-electron chi connectivity index (χ0n) is 11.4. The van der Waals surface area contributed by atoms with Gasteiger partial charge in [-0.05, 0) is 33.7 Å². The number of rotatable bonds is 3. The highest BCUT2D eigenvalue weighted by Gasteiger charge is 2.31. The maximum atomic E-state index is 12.3. The van der Waals surface area contributed by atoms with Crippen molar-refractivity contribution in [1.29, 1.82) is 0 Å². The van der Waals surface area contributed by atoms with Gasteiger partial charge in [0, 0.05) is 31.1 Å². The largest absolute Gasteiger partial charge is 0.339 e. The zero-order chi connectivity index (χ0) is 12.3. The Kier molecular flexibility index (Phi) is 4.78. The van der Waals surface area contributed by atoms with Crippen LogP contribution in [0.15, 0.2) is 0 Å². The highest BCUT2D eigenvalue weighted by Crippen LogP contribution is 2.18. The van der Waals surface area contributed by atoms with E-state index in [0.29, 0.717) is 18.0 Å². The Balaban J connectivity index is 2.64. The van der Waals surface area contributed by atoms with Gasteiger partial charge < -0.3 is 4.90 Å². The first kappa shape index (κ1) is 13.5. The Bertz CT molecular complexity index is 226. The van der Waals surface area contributed by atoms with Crippen molar-refractivity contribution in [2.24, 2.45) is 5.92 Å². The van der Waals surface area contributed by atoms with E-state index in [1.54, 1.807) is 0 Å². The molecule has 1 saturated heterocycles. The van der Waals surface area contributed by atoms with E-state index in [1.165, 1.54) is 0 Å². The maximum Gasteiger partial charge on any atom is 0.225 e. The summed E-state index contributed by atoms with van der Waals surface area (Å²) >= 11 is 0. The third-order valence-electron chi connectivity index (χ3n) is 4.01. The van der Waals surface area contributed by atoms with Crippen molar-refractivity contribution in [3.8, 4) is 0 Å². The molecule has 0 bridgehead atoms. The average molecular weight is 226 g/mol. The molecule has 1 heterocycles. The van der Waals surface area contributed by atoms with Gasteiger partial charge in [0.2, 0.25) is 5.91 Å². The third-order valence-corrected chi connectivity index (χ3v) is 4.01. The fraction of sp³-hybridized carbons (Fsp3) is 0.923. The first-order valence-electron chi connectivity index (χ1n) is 6.51. The number of piperazine rings is 1. The highest BCUT2D eigenvalue weighted by atomic mass is 16.2. The van der Waals surface area contributed by atoms with Crippen LogP contribution in [-0.4, -0.2) is 47.9 Å². The third kappa shape index (κ3) is 2.76. The van der Waals surface area contributed by atoms with Gasteiger partial charge in [-0.2, -0.15) is 0 Å². The molecule has 3 heteroatoms. The smallest absolute Gasteiger partial charge is 0.225 e. The molecule has 2 unspecified atom stereocenters. The Morgan fingerprint density at radius 1 is 1.19 bits per heavy atom. The van der Waals surface area contributed by atoms with Crippen molar-refractivity contribution in [3.05, 3.63) is 0 Å². The van der Waals surface area contributed by atoms with E-state index in [2.05, 4.69) is 44.5 Å². The number of amides is 1. The molecule has 0 aliphatic carbocycles.